The minimum Gasteiger partial charge on any atom is -0.504 e. The Labute approximate surface area is 91.8 Å². The van der Waals surface area contributed by atoms with Gasteiger partial charge in [0, 0.05) is 11.8 Å². The van der Waals surface area contributed by atoms with E-state index in [9.17, 15) is 5.11 Å². The summed E-state index contributed by atoms with van der Waals surface area (Å²) < 4.78 is 1.57. The van der Waals surface area contributed by atoms with Crippen molar-refractivity contribution in [2.24, 2.45) is 0 Å². The first-order valence-electron chi connectivity index (χ1n) is 4.94. The van der Waals surface area contributed by atoms with Crippen molar-refractivity contribution in [2.45, 2.75) is 0 Å². The van der Waals surface area contributed by atoms with Gasteiger partial charge in [0.15, 0.2) is 17.2 Å². The third-order valence-electron chi connectivity index (χ3n) is 2.37. The van der Waals surface area contributed by atoms with E-state index in [1.54, 1.807) is 22.8 Å². The molecule has 1 N–H and O–H groups in total. The zero-order valence-corrected chi connectivity index (χ0v) is 8.41. The van der Waals surface area contributed by atoms with Gasteiger partial charge in [-0.3, -0.25) is 0 Å². The molecule has 0 saturated heterocycles. The Balaban J connectivity index is 2.23. The van der Waals surface area contributed by atoms with E-state index in [2.05, 4.69) is 10.1 Å². The molecule has 0 aliphatic rings. The summed E-state index contributed by atoms with van der Waals surface area (Å²) in [5.41, 5.74) is 1.41. The first-order valence-corrected chi connectivity index (χ1v) is 4.94. The van der Waals surface area contributed by atoms with Gasteiger partial charge in [0.2, 0.25) is 0 Å². The zero-order chi connectivity index (χ0) is 11.0. The maximum absolute atomic E-state index is 9.61. The highest BCUT2D eigenvalue weighted by Crippen LogP contribution is 2.20. The number of pyridine rings is 1. The van der Waals surface area contributed by atoms with Crippen molar-refractivity contribution in [3.63, 3.8) is 0 Å². The van der Waals surface area contributed by atoms with Crippen molar-refractivity contribution in [1.29, 1.82) is 0 Å². The maximum atomic E-state index is 9.61. The Hall–Kier alpha value is -2.36. The maximum Gasteiger partial charge on any atom is 0.198 e. The fourth-order valence-corrected chi connectivity index (χ4v) is 1.60. The summed E-state index contributed by atoms with van der Waals surface area (Å²) in [5.74, 6) is 0.749. The van der Waals surface area contributed by atoms with Crippen molar-refractivity contribution in [3.8, 4) is 17.1 Å². The Morgan fingerprint density at radius 2 is 1.81 bits per heavy atom. The van der Waals surface area contributed by atoms with Crippen molar-refractivity contribution in [1.82, 2.24) is 14.6 Å². The molecule has 0 bridgehead atoms. The molecule has 16 heavy (non-hydrogen) atoms. The molecular formula is C12H9N3O. The van der Waals surface area contributed by atoms with E-state index < -0.39 is 0 Å². The number of nitrogens with zero attached hydrogens (tertiary/aromatic N) is 3. The average Bonchev–Trinajstić information content (AvgIpc) is 2.76. The predicted octanol–water partition coefficient (Wildman–Crippen LogP) is 2.10. The van der Waals surface area contributed by atoms with Crippen LogP contribution in [0.25, 0.3) is 17.0 Å². The number of fused-ring (bicyclic) bond motifs is 1. The summed E-state index contributed by atoms with van der Waals surface area (Å²) in [4.78, 5) is 4.28. The van der Waals surface area contributed by atoms with Gasteiger partial charge in [0.25, 0.3) is 0 Å². The van der Waals surface area contributed by atoms with E-state index in [1.165, 1.54) is 0 Å². The van der Waals surface area contributed by atoms with Crippen LogP contribution in [0, 0.1) is 0 Å². The second-order valence-electron chi connectivity index (χ2n) is 3.46. The number of hydrogen-bond donors (Lipinski definition) is 1. The van der Waals surface area contributed by atoms with Crippen LogP contribution in [0.4, 0.5) is 0 Å². The first-order chi connectivity index (χ1) is 7.84. The highest BCUT2D eigenvalue weighted by Gasteiger charge is 2.07. The van der Waals surface area contributed by atoms with Gasteiger partial charge < -0.3 is 5.11 Å². The molecule has 78 valence electrons. The molecule has 4 heteroatoms. The van der Waals surface area contributed by atoms with Crippen LogP contribution in [0.15, 0.2) is 48.7 Å². The molecule has 0 atom stereocenters. The number of aromatic nitrogens is 3. The van der Waals surface area contributed by atoms with Crippen LogP contribution in [0.5, 0.6) is 5.75 Å². The van der Waals surface area contributed by atoms with Crippen LogP contribution >= 0.6 is 0 Å². The van der Waals surface area contributed by atoms with E-state index in [1.807, 2.05) is 30.3 Å². The summed E-state index contributed by atoms with van der Waals surface area (Å²) in [6.45, 7) is 0. The minimum absolute atomic E-state index is 0.136. The van der Waals surface area contributed by atoms with Gasteiger partial charge in [0.1, 0.15) is 0 Å². The van der Waals surface area contributed by atoms with Gasteiger partial charge in [0.05, 0.1) is 0 Å². The molecule has 3 rings (SSSR count). The lowest BCUT2D eigenvalue weighted by Gasteiger charge is -1.91. The molecule has 0 saturated carbocycles. The van der Waals surface area contributed by atoms with Crippen molar-refractivity contribution < 1.29 is 5.11 Å². The van der Waals surface area contributed by atoms with Crippen molar-refractivity contribution in [3.05, 3.63) is 48.7 Å². The van der Waals surface area contributed by atoms with E-state index in [4.69, 9.17) is 0 Å². The van der Waals surface area contributed by atoms with Gasteiger partial charge in [-0.05, 0) is 12.1 Å². The lowest BCUT2D eigenvalue weighted by Crippen LogP contribution is -1.85. The molecule has 0 amide bonds. The van der Waals surface area contributed by atoms with Gasteiger partial charge >= 0.3 is 0 Å². The van der Waals surface area contributed by atoms with E-state index in [-0.39, 0.29) is 5.75 Å². The van der Waals surface area contributed by atoms with E-state index >= 15 is 0 Å². The molecule has 4 nitrogen and oxygen atoms in total. The van der Waals surface area contributed by atoms with Crippen LogP contribution in [0.3, 0.4) is 0 Å². The fourth-order valence-electron chi connectivity index (χ4n) is 1.60. The highest BCUT2D eigenvalue weighted by molar-refractivity contribution is 5.61. The van der Waals surface area contributed by atoms with Crippen LogP contribution in [0.2, 0.25) is 0 Å². The average molecular weight is 211 g/mol. The predicted molar refractivity (Wildman–Crippen MR) is 60.1 cm³/mol. The molecule has 2 heterocycles. The minimum atomic E-state index is 0.136. The molecule has 2 aromatic heterocycles. The van der Waals surface area contributed by atoms with Crippen LogP contribution in [-0.2, 0) is 0 Å². The standard InChI is InChI=1S/C12H9N3O/c16-10-7-4-8-15-12(10)13-11(14-15)9-5-2-1-3-6-9/h1-8,16H. The number of rotatable bonds is 1. The molecule has 3 aromatic rings. The van der Waals surface area contributed by atoms with Crippen molar-refractivity contribution in [2.75, 3.05) is 0 Å². The number of hydrogen-bond acceptors (Lipinski definition) is 3. The van der Waals surface area contributed by atoms with Gasteiger partial charge in [-0.1, -0.05) is 30.3 Å². The van der Waals surface area contributed by atoms with Crippen LogP contribution < -0.4 is 0 Å². The highest BCUT2D eigenvalue weighted by atomic mass is 16.3. The summed E-state index contributed by atoms with van der Waals surface area (Å²) >= 11 is 0. The monoisotopic (exact) mass is 211 g/mol. The summed E-state index contributed by atoms with van der Waals surface area (Å²) in [6.07, 6.45) is 1.76. The normalized spacial score (nSPS) is 10.8. The van der Waals surface area contributed by atoms with Gasteiger partial charge in [-0.2, -0.15) is 0 Å². The summed E-state index contributed by atoms with van der Waals surface area (Å²) in [5, 5.41) is 13.9. The topological polar surface area (TPSA) is 50.4 Å². The second kappa shape index (κ2) is 3.34. The molecule has 1 aromatic carbocycles. The smallest absolute Gasteiger partial charge is 0.198 e. The number of benzene rings is 1. The van der Waals surface area contributed by atoms with Gasteiger partial charge in [-0.15, -0.1) is 5.10 Å². The van der Waals surface area contributed by atoms with Crippen LogP contribution in [0.1, 0.15) is 0 Å². The quantitative estimate of drug-likeness (QED) is 0.670. The second-order valence-corrected chi connectivity index (χ2v) is 3.46. The van der Waals surface area contributed by atoms with Crippen LogP contribution in [-0.4, -0.2) is 19.7 Å². The molecule has 0 radical (unpaired) electrons. The number of aromatic hydroxyl groups is 1. The lowest BCUT2D eigenvalue weighted by molar-refractivity contribution is 0.477. The summed E-state index contributed by atoms with van der Waals surface area (Å²) in [6, 6.07) is 13.0. The third kappa shape index (κ3) is 1.32. The largest absolute Gasteiger partial charge is 0.504 e. The Kier molecular flexibility index (Phi) is 1.86. The molecular weight excluding hydrogens is 202 g/mol. The Bertz CT molecular complexity index is 631. The van der Waals surface area contributed by atoms with Crippen molar-refractivity contribution >= 4 is 5.65 Å². The van der Waals surface area contributed by atoms with E-state index in [0.717, 1.165) is 5.56 Å². The molecule has 0 aliphatic carbocycles. The molecule has 0 aliphatic heterocycles. The fraction of sp³-hybridized carbons (Fsp3) is 0. The molecule has 0 unspecified atom stereocenters. The third-order valence-corrected chi connectivity index (χ3v) is 2.37. The Morgan fingerprint density at radius 1 is 1.00 bits per heavy atom. The molecule has 0 spiro atoms. The van der Waals surface area contributed by atoms with Gasteiger partial charge in [-0.25, -0.2) is 9.50 Å². The van der Waals surface area contributed by atoms with E-state index in [0.29, 0.717) is 11.5 Å². The molecule has 0 fully saturated rings. The Morgan fingerprint density at radius 3 is 2.56 bits per heavy atom. The summed E-state index contributed by atoms with van der Waals surface area (Å²) in [7, 11) is 0. The first kappa shape index (κ1) is 8.91. The SMILES string of the molecule is Oc1cccn2nc(-c3ccccc3)nc12. The lowest BCUT2D eigenvalue weighted by atomic mass is 10.2. The zero-order valence-electron chi connectivity index (χ0n) is 8.41.